The number of hydrogen-bond acceptors (Lipinski definition) is 6. The summed E-state index contributed by atoms with van der Waals surface area (Å²) in [7, 11) is 5.15. The molecule has 13 aromatic rings. The van der Waals surface area contributed by atoms with Crippen LogP contribution in [0.4, 0.5) is 51.2 Å². The van der Waals surface area contributed by atoms with Crippen LogP contribution in [0.15, 0.2) is 291 Å². The summed E-state index contributed by atoms with van der Waals surface area (Å²) < 4.78 is 16.6. The van der Waals surface area contributed by atoms with E-state index < -0.39 is 0 Å². The SMILES string of the molecule is CCCCCCCCC1(CCCCCCCC)c2cc(C)ccc2-c2ccc(-c3ccc(N(c4ccc(C)cc4)c4ccc(OC)cc4)cc3)cc21.CCCCCCCCC1(CCCCCCCC)c2cc(C)ccc2-c2ccc(-c3ccc(N(c4ccc(OC)cc4)c4ccc(-c5ccc(N(c6ccc(C)cc6)c6ccc(OC)cc6)cc5)cc4)cc3)cc21. The third-order valence-electron chi connectivity index (χ3n) is 26.9. The predicted octanol–water partition coefficient (Wildman–Crippen LogP) is 35.6. The number of anilines is 9. The zero-order valence-electron chi connectivity index (χ0n) is 77.1. The first kappa shape index (κ1) is 89.9. The van der Waals surface area contributed by atoms with Gasteiger partial charge in [0.15, 0.2) is 0 Å². The predicted molar refractivity (Wildman–Crippen MR) is 536 cm³/mol. The van der Waals surface area contributed by atoms with E-state index in [0.29, 0.717) is 0 Å². The van der Waals surface area contributed by atoms with Gasteiger partial charge >= 0.3 is 0 Å². The lowest BCUT2D eigenvalue weighted by molar-refractivity contribution is 0.398. The summed E-state index contributed by atoms with van der Waals surface area (Å²) in [5.74, 6) is 2.54. The van der Waals surface area contributed by atoms with E-state index in [1.165, 1.54) is 247 Å². The number of nitrogens with zero attached hydrogens (tertiary/aromatic N) is 3. The highest BCUT2D eigenvalue weighted by Gasteiger charge is 2.44. The van der Waals surface area contributed by atoms with E-state index in [4.69, 9.17) is 14.2 Å². The first-order valence-electron chi connectivity index (χ1n) is 47.7. The van der Waals surface area contributed by atoms with Crippen LogP contribution in [0, 0.1) is 27.7 Å². The maximum absolute atomic E-state index is 5.61. The van der Waals surface area contributed by atoms with Gasteiger partial charge < -0.3 is 28.9 Å². The number of rotatable bonds is 43. The molecule has 0 radical (unpaired) electrons. The number of benzene rings is 13. The second kappa shape index (κ2) is 44.0. The highest BCUT2D eigenvalue weighted by molar-refractivity contribution is 5.88. The number of hydrogen-bond donors (Lipinski definition) is 0. The van der Waals surface area contributed by atoms with Gasteiger partial charge in [-0.3, -0.25) is 0 Å². The molecule has 0 N–H and O–H groups in total. The molecule has 15 rings (SSSR count). The van der Waals surface area contributed by atoms with Gasteiger partial charge in [0, 0.05) is 62.0 Å². The van der Waals surface area contributed by atoms with E-state index in [-0.39, 0.29) is 10.8 Å². The Kier molecular flexibility index (Phi) is 31.7. The average Bonchev–Trinajstić information content (AvgIpc) is 1.57. The number of fused-ring (bicyclic) bond motifs is 6. The third kappa shape index (κ3) is 21.6. The molecule has 6 heteroatoms. The Hall–Kier alpha value is -11.3. The molecule has 2 aliphatic rings. The van der Waals surface area contributed by atoms with Crippen molar-refractivity contribution in [1.82, 2.24) is 0 Å². The second-order valence-corrected chi connectivity index (χ2v) is 35.8. The van der Waals surface area contributed by atoms with Crippen molar-refractivity contribution in [3.63, 3.8) is 0 Å². The van der Waals surface area contributed by atoms with E-state index in [0.717, 1.165) is 79.6 Å². The molecule has 0 atom stereocenters. The molecule has 6 nitrogen and oxygen atoms in total. The van der Waals surface area contributed by atoms with Crippen molar-refractivity contribution in [2.45, 2.75) is 246 Å². The Morgan fingerprint density at radius 2 is 0.376 bits per heavy atom. The summed E-state index contributed by atoms with van der Waals surface area (Å²) in [6.07, 6.45) is 36.8. The molecule has 13 aromatic carbocycles. The topological polar surface area (TPSA) is 37.4 Å². The maximum Gasteiger partial charge on any atom is 0.119 e. The van der Waals surface area contributed by atoms with Gasteiger partial charge in [-0.1, -0.05) is 338 Å². The van der Waals surface area contributed by atoms with Gasteiger partial charge in [0.1, 0.15) is 17.2 Å². The van der Waals surface area contributed by atoms with Crippen molar-refractivity contribution in [3.05, 3.63) is 336 Å². The molecule has 0 aromatic heterocycles. The van der Waals surface area contributed by atoms with E-state index in [9.17, 15) is 0 Å². The molecule has 0 aliphatic heterocycles. The van der Waals surface area contributed by atoms with Crippen LogP contribution in [0.25, 0.3) is 55.6 Å². The highest BCUT2D eigenvalue weighted by atomic mass is 16.5. The number of ether oxygens (including phenoxy) is 3. The molecule has 0 saturated heterocycles. The Morgan fingerprint density at radius 1 is 0.192 bits per heavy atom. The van der Waals surface area contributed by atoms with E-state index >= 15 is 0 Å². The molecule has 0 unspecified atom stereocenters. The first-order chi connectivity index (χ1) is 61.3. The monoisotopic (exact) mass is 1660 g/mol. The number of aryl methyl sites for hydroxylation is 4. The normalized spacial score (nSPS) is 12.5. The summed E-state index contributed by atoms with van der Waals surface area (Å²) >= 11 is 0. The lowest BCUT2D eigenvalue weighted by Gasteiger charge is -2.33. The van der Waals surface area contributed by atoms with Gasteiger partial charge in [-0.05, 0) is 289 Å². The summed E-state index contributed by atoms with van der Waals surface area (Å²) in [5, 5.41) is 0. The molecule has 0 saturated carbocycles. The quantitative estimate of drug-likeness (QED) is 0.0355. The van der Waals surface area contributed by atoms with Crippen molar-refractivity contribution in [2.24, 2.45) is 0 Å². The Morgan fingerprint density at radius 3 is 0.616 bits per heavy atom. The molecular formula is C119H137N3O3. The molecule has 0 amide bonds. The van der Waals surface area contributed by atoms with Crippen molar-refractivity contribution in [2.75, 3.05) is 36.0 Å². The van der Waals surface area contributed by atoms with Crippen molar-refractivity contribution < 1.29 is 14.2 Å². The fourth-order valence-electron chi connectivity index (χ4n) is 19.9. The van der Waals surface area contributed by atoms with E-state index in [2.05, 4.69) is 325 Å². The minimum absolute atomic E-state index is 0.0422. The third-order valence-corrected chi connectivity index (χ3v) is 26.9. The van der Waals surface area contributed by atoms with Gasteiger partial charge in [0.2, 0.25) is 0 Å². The summed E-state index contributed by atoms with van der Waals surface area (Å²) in [4.78, 5) is 6.96. The van der Waals surface area contributed by atoms with E-state index in [1.807, 2.05) is 36.4 Å². The van der Waals surface area contributed by atoms with Crippen LogP contribution in [0.2, 0.25) is 0 Å². The van der Waals surface area contributed by atoms with Gasteiger partial charge in [0.05, 0.1) is 21.3 Å². The second-order valence-electron chi connectivity index (χ2n) is 35.8. The average molecular weight is 1660 g/mol. The molecule has 0 spiro atoms. The van der Waals surface area contributed by atoms with Crippen LogP contribution in [-0.4, -0.2) is 21.3 Å². The molecular weight excluding hydrogens is 1520 g/mol. The molecule has 0 heterocycles. The van der Waals surface area contributed by atoms with Gasteiger partial charge in [-0.2, -0.15) is 0 Å². The van der Waals surface area contributed by atoms with E-state index in [1.54, 1.807) is 43.6 Å². The van der Waals surface area contributed by atoms with Gasteiger partial charge in [0.25, 0.3) is 0 Å². The smallest absolute Gasteiger partial charge is 0.119 e. The van der Waals surface area contributed by atoms with Crippen molar-refractivity contribution >= 4 is 51.2 Å². The summed E-state index contributed by atoms with van der Waals surface area (Å²) in [5.41, 5.74) is 34.8. The zero-order valence-corrected chi connectivity index (χ0v) is 77.1. The Balaban J connectivity index is 0.000000215. The number of unbranched alkanes of at least 4 members (excludes halogenated alkanes) is 20. The van der Waals surface area contributed by atoms with Crippen LogP contribution in [0.3, 0.4) is 0 Å². The first-order valence-corrected chi connectivity index (χ1v) is 47.7. The fourth-order valence-corrected chi connectivity index (χ4v) is 19.9. The minimum atomic E-state index is 0.0422. The van der Waals surface area contributed by atoms with Crippen LogP contribution >= 0.6 is 0 Å². The van der Waals surface area contributed by atoms with Gasteiger partial charge in [-0.25, -0.2) is 0 Å². The maximum atomic E-state index is 5.61. The lowest BCUT2D eigenvalue weighted by Crippen LogP contribution is -2.25. The number of methoxy groups -OCH3 is 3. The summed E-state index contributed by atoms with van der Waals surface area (Å²) in [6, 6.07) is 108. The fraction of sp³-hybridized carbons (Fsp3) is 0.345. The standard InChI is InChI=1S/C69H76N2O2.C50H61NO/c1-7-9-11-13-15-17-47-69(48-18-16-14-12-10-8-2)67-49-52(4)21-45-65(67)66-46-28-56(50-68(66)69)55-26-35-60(36-27-55)71(62-39-43-64(73-6)44-40-62)59-33-24-54(25-34-59)53-22-31-58(32-23-53)70(57-29-19-51(3)20-30-57)61-37-41-63(72-5)42-38-61;1-6-8-10-12-14-16-34-50(35-17-15-13-11-9-7-2)48-36-39(4)20-32-46(48)47-33-23-41(37-49(47)50)40-21-26-43(27-22-40)51(42-24-18-38(3)19-25-42)44-28-30-45(52-5)31-29-44/h19-46,49-50H,7-18,47-48H2,1-6H3;18-33,36-37H,6-17,34-35H2,1-5H3. The summed E-state index contributed by atoms with van der Waals surface area (Å²) in [6.45, 7) is 18.1. The molecule has 0 bridgehead atoms. The van der Waals surface area contributed by atoms with Crippen molar-refractivity contribution in [1.29, 1.82) is 0 Å². The molecule has 125 heavy (non-hydrogen) atoms. The van der Waals surface area contributed by atoms with Crippen molar-refractivity contribution in [3.8, 4) is 72.9 Å². The Bertz CT molecular complexity index is 5480. The molecule has 646 valence electrons. The van der Waals surface area contributed by atoms with Crippen LogP contribution < -0.4 is 28.9 Å². The highest BCUT2D eigenvalue weighted by Crippen LogP contribution is 2.58. The largest absolute Gasteiger partial charge is 0.497 e. The molecule has 0 fully saturated rings. The lowest BCUT2D eigenvalue weighted by atomic mass is 9.70. The molecule has 2 aliphatic carbocycles. The zero-order chi connectivity index (χ0) is 86.9. The Labute approximate surface area is 751 Å². The minimum Gasteiger partial charge on any atom is -0.497 e. The van der Waals surface area contributed by atoms with Crippen LogP contribution in [0.5, 0.6) is 17.2 Å². The van der Waals surface area contributed by atoms with Crippen LogP contribution in [-0.2, 0) is 10.8 Å². The van der Waals surface area contributed by atoms with Gasteiger partial charge in [-0.15, -0.1) is 0 Å². The van der Waals surface area contributed by atoms with Crippen LogP contribution in [0.1, 0.15) is 252 Å².